The van der Waals surface area contributed by atoms with E-state index in [1.165, 1.54) is 0 Å². The summed E-state index contributed by atoms with van der Waals surface area (Å²) in [6.45, 7) is 8.55. The van der Waals surface area contributed by atoms with E-state index in [0.29, 0.717) is 13.2 Å². The summed E-state index contributed by atoms with van der Waals surface area (Å²) in [5.74, 6) is -0.318. The van der Waals surface area contributed by atoms with Crippen LogP contribution in [0.3, 0.4) is 0 Å². The van der Waals surface area contributed by atoms with E-state index >= 15 is 0 Å². The standard InChI is InChI=1S/C21H32N2O5/c1-15(27-14-16-9-6-5-7-10-16)18(23-20(25)28-21(2,3)4)19(24)22-13-17-11-8-12-26-17/h5-7,9-10,15,17-18H,8,11-14H2,1-4H3,(H,22,24)(H,23,25)/t15-,17+,18-/m1/s1. The average molecular weight is 392 g/mol. The number of ether oxygens (including phenoxy) is 3. The van der Waals surface area contributed by atoms with Crippen LogP contribution < -0.4 is 10.6 Å². The van der Waals surface area contributed by atoms with E-state index in [0.717, 1.165) is 25.0 Å². The molecule has 1 aromatic carbocycles. The van der Waals surface area contributed by atoms with Gasteiger partial charge in [-0.2, -0.15) is 0 Å². The molecule has 0 bridgehead atoms. The summed E-state index contributed by atoms with van der Waals surface area (Å²) in [7, 11) is 0. The van der Waals surface area contributed by atoms with Crippen LogP contribution in [0.2, 0.25) is 0 Å². The molecule has 1 heterocycles. The highest BCUT2D eigenvalue weighted by molar-refractivity contribution is 5.86. The maximum atomic E-state index is 12.7. The van der Waals surface area contributed by atoms with Gasteiger partial charge in [0.15, 0.2) is 0 Å². The first-order valence-corrected chi connectivity index (χ1v) is 9.79. The summed E-state index contributed by atoms with van der Waals surface area (Å²) < 4.78 is 16.7. The smallest absolute Gasteiger partial charge is 0.408 e. The highest BCUT2D eigenvalue weighted by Crippen LogP contribution is 2.12. The lowest BCUT2D eigenvalue weighted by molar-refractivity contribution is -0.127. The number of rotatable bonds is 8. The van der Waals surface area contributed by atoms with Crippen molar-refractivity contribution in [1.29, 1.82) is 0 Å². The van der Waals surface area contributed by atoms with Crippen LogP contribution in [0.25, 0.3) is 0 Å². The number of carbonyl (C=O) groups is 2. The van der Waals surface area contributed by atoms with Crippen molar-refractivity contribution >= 4 is 12.0 Å². The Morgan fingerprint density at radius 1 is 1.25 bits per heavy atom. The second-order valence-electron chi connectivity index (χ2n) is 8.01. The van der Waals surface area contributed by atoms with Crippen molar-refractivity contribution in [3.05, 3.63) is 35.9 Å². The van der Waals surface area contributed by atoms with Crippen LogP contribution in [0.15, 0.2) is 30.3 Å². The van der Waals surface area contributed by atoms with E-state index < -0.39 is 23.8 Å². The first-order chi connectivity index (χ1) is 13.2. The second kappa shape index (κ2) is 10.4. The summed E-state index contributed by atoms with van der Waals surface area (Å²) in [6, 6.07) is 8.79. The van der Waals surface area contributed by atoms with Crippen molar-refractivity contribution in [2.45, 2.75) is 71.0 Å². The van der Waals surface area contributed by atoms with Crippen molar-refractivity contribution in [2.24, 2.45) is 0 Å². The fraction of sp³-hybridized carbons (Fsp3) is 0.619. The number of nitrogens with one attached hydrogen (secondary N) is 2. The number of alkyl carbamates (subject to hydrolysis) is 1. The van der Waals surface area contributed by atoms with Gasteiger partial charge in [-0.1, -0.05) is 30.3 Å². The minimum Gasteiger partial charge on any atom is -0.444 e. The van der Waals surface area contributed by atoms with Crippen LogP contribution in [0, 0.1) is 0 Å². The van der Waals surface area contributed by atoms with Gasteiger partial charge in [-0.05, 0) is 46.1 Å². The SMILES string of the molecule is C[C@@H](OCc1ccccc1)[C@@H](NC(=O)OC(C)(C)C)C(=O)NC[C@@H]1CCCO1. The maximum absolute atomic E-state index is 12.7. The lowest BCUT2D eigenvalue weighted by Gasteiger charge is -2.27. The van der Waals surface area contributed by atoms with Gasteiger partial charge < -0.3 is 24.8 Å². The van der Waals surface area contributed by atoms with E-state index in [9.17, 15) is 9.59 Å². The molecule has 2 N–H and O–H groups in total. The van der Waals surface area contributed by atoms with Crippen LogP contribution in [0.4, 0.5) is 4.79 Å². The van der Waals surface area contributed by atoms with Gasteiger partial charge in [-0.3, -0.25) is 4.79 Å². The van der Waals surface area contributed by atoms with Gasteiger partial charge in [0.1, 0.15) is 11.6 Å². The Morgan fingerprint density at radius 2 is 1.96 bits per heavy atom. The summed E-state index contributed by atoms with van der Waals surface area (Å²) in [5, 5.41) is 5.50. The second-order valence-corrected chi connectivity index (χ2v) is 8.01. The molecule has 1 saturated heterocycles. The summed E-state index contributed by atoms with van der Waals surface area (Å²) in [6.07, 6.45) is 0.741. The zero-order chi connectivity index (χ0) is 20.6. The molecule has 7 heteroatoms. The summed E-state index contributed by atoms with van der Waals surface area (Å²) >= 11 is 0. The minimum absolute atomic E-state index is 0.0201. The van der Waals surface area contributed by atoms with Crippen molar-refractivity contribution < 1.29 is 23.8 Å². The minimum atomic E-state index is -0.875. The third-order valence-corrected chi connectivity index (χ3v) is 4.31. The predicted octanol–water partition coefficient (Wildman–Crippen LogP) is 2.78. The molecular formula is C21H32N2O5. The molecule has 1 aliphatic rings. The number of hydrogen-bond donors (Lipinski definition) is 2. The largest absolute Gasteiger partial charge is 0.444 e. The number of hydrogen-bond acceptors (Lipinski definition) is 5. The molecule has 28 heavy (non-hydrogen) atoms. The van der Waals surface area contributed by atoms with Crippen LogP contribution in [-0.4, -0.2) is 49.0 Å². The molecule has 1 fully saturated rings. The van der Waals surface area contributed by atoms with Crippen molar-refractivity contribution in [1.82, 2.24) is 10.6 Å². The molecule has 0 aromatic heterocycles. The first kappa shape index (κ1) is 22.2. The Hall–Kier alpha value is -2.12. The molecule has 0 aliphatic carbocycles. The third kappa shape index (κ3) is 7.86. The van der Waals surface area contributed by atoms with Crippen LogP contribution in [0.5, 0.6) is 0 Å². The van der Waals surface area contributed by atoms with Gasteiger partial charge in [-0.15, -0.1) is 0 Å². The molecular weight excluding hydrogens is 360 g/mol. The van der Waals surface area contributed by atoms with Crippen molar-refractivity contribution in [3.8, 4) is 0 Å². The van der Waals surface area contributed by atoms with Crippen LogP contribution >= 0.6 is 0 Å². The van der Waals surface area contributed by atoms with Crippen LogP contribution in [-0.2, 0) is 25.6 Å². The predicted molar refractivity (Wildman–Crippen MR) is 106 cm³/mol. The lowest BCUT2D eigenvalue weighted by atomic mass is 10.1. The van der Waals surface area contributed by atoms with Crippen molar-refractivity contribution in [2.75, 3.05) is 13.2 Å². The maximum Gasteiger partial charge on any atom is 0.408 e. The fourth-order valence-corrected chi connectivity index (χ4v) is 2.86. The van der Waals surface area contributed by atoms with E-state index in [2.05, 4.69) is 10.6 Å². The quantitative estimate of drug-likeness (QED) is 0.710. The monoisotopic (exact) mass is 392 g/mol. The topological polar surface area (TPSA) is 85.9 Å². The van der Waals surface area contributed by atoms with E-state index in [-0.39, 0.29) is 12.0 Å². The molecule has 1 aromatic rings. The Kier molecular flexibility index (Phi) is 8.26. The molecule has 2 amide bonds. The molecule has 156 valence electrons. The molecule has 1 aliphatic heterocycles. The zero-order valence-electron chi connectivity index (χ0n) is 17.2. The van der Waals surface area contributed by atoms with E-state index in [1.807, 2.05) is 30.3 Å². The molecule has 0 radical (unpaired) electrons. The van der Waals surface area contributed by atoms with Crippen molar-refractivity contribution in [3.63, 3.8) is 0 Å². The molecule has 0 saturated carbocycles. The molecule has 7 nitrogen and oxygen atoms in total. The number of amides is 2. The van der Waals surface area contributed by atoms with Gasteiger partial charge in [0.05, 0.1) is 18.8 Å². The van der Waals surface area contributed by atoms with Gasteiger partial charge in [0, 0.05) is 13.2 Å². The van der Waals surface area contributed by atoms with E-state index in [4.69, 9.17) is 14.2 Å². The first-order valence-electron chi connectivity index (χ1n) is 9.79. The lowest BCUT2D eigenvalue weighted by Crippen LogP contribution is -2.54. The van der Waals surface area contributed by atoms with E-state index in [1.54, 1.807) is 27.7 Å². The highest BCUT2D eigenvalue weighted by atomic mass is 16.6. The molecule has 0 spiro atoms. The zero-order valence-corrected chi connectivity index (χ0v) is 17.2. The Labute approximate surface area is 167 Å². The van der Waals surface area contributed by atoms with Crippen LogP contribution in [0.1, 0.15) is 46.1 Å². The van der Waals surface area contributed by atoms with Gasteiger partial charge >= 0.3 is 6.09 Å². The fourth-order valence-electron chi connectivity index (χ4n) is 2.86. The Morgan fingerprint density at radius 3 is 2.57 bits per heavy atom. The highest BCUT2D eigenvalue weighted by Gasteiger charge is 2.30. The average Bonchev–Trinajstić information content (AvgIpc) is 3.15. The molecule has 0 unspecified atom stereocenters. The number of benzene rings is 1. The molecule has 3 atom stereocenters. The Balaban J connectivity index is 1.96. The normalized spacial score (nSPS) is 18.9. The molecule has 2 rings (SSSR count). The Bertz CT molecular complexity index is 623. The van der Waals surface area contributed by atoms with Gasteiger partial charge in [0.25, 0.3) is 0 Å². The van der Waals surface area contributed by atoms with Gasteiger partial charge in [0.2, 0.25) is 5.91 Å². The summed E-state index contributed by atoms with van der Waals surface area (Å²) in [5.41, 5.74) is 0.335. The number of carbonyl (C=O) groups excluding carboxylic acids is 2. The van der Waals surface area contributed by atoms with Gasteiger partial charge in [-0.25, -0.2) is 4.79 Å². The third-order valence-electron chi connectivity index (χ3n) is 4.31. The summed E-state index contributed by atoms with van der Waals surface area (Å²) in [4.78, 5) is 25.0.